The molecule has 1 aliphatic rings. The van der Waals surface area contributed by atoms with E-state index in [-0.39, 0.29) is 17.2 Å². The van der Waals surface area contributed by atoms with Gasteiger partial charge in [0.25, 0.3) is 11.1 Å². The van der Waals surface area contributed by atoms with Gasteiger partial charge in [0.05, 0.1) is 35.5 Å². The Balaban J connectivity index is 1.62. The number of pyridine rings is 3. The Hall–Kier alpha value is -3.41. The maximum absolute atomic E-state index is 13.0. The van der Waals surface area contributed by atoms with E-state index in [4.69, 9.17) is 4.74 Å². The number of rotatable bonds is 4. The molecule has 4 aromatic rings. The fraction of sp³-hybridized carbons (Fsp3) is 0.227. The van der Waals surface area contributed by atoms with Gasteiger partial charge in [-0.1, -0.05) is 12.1 Å². The number of methoxy groups -OCH3 is 1. The molecule has 5 rings (SSSR count). The molecular weight excluding hydrogens is 354 g/mol. The molecule has 0 N–H and O–H groups in total. The molecule has 0 bridgehead atoms. The van der Waals surface area contributed by atoms with Gasteiger partial charge in [-0.05, 0) is 48.7 Å². The van der Waals surface area contributed by atoms with E-state index in [0.29, 0.717) is 28.4 Å². The van der Waals surface area contributed by atoms with Crippen molar-refractivity contribution >= 4 is 21.8 Å². The van der Waals surface area contributed by atoms with E-state index in [0.717, 1.165) is 24.2 Å². The van der Waals surface area contributed by atoms with Gasteiger partial charge in [0.2, 0.25) is 0 Å². The van der Waals surface area contributed by atoms with Crippen molar-refractivity contribution in [3.63, 3.8) is 0 Å². The first kappa shape index (κ1) is 16.7. The predicted octanol–water partition coefficient (Wildman–Crippen LogP) is 3.10. The van der Waals surface area contributed by atoms with Crippen LogP contribution in [0.2, 0.25) is 0 Å². The van der Waals surface area contributed by atoms with Crippen LogP contribution in [0.25, 0.3) is 21.8 Å². The van der Waals surface area contributed by atoms with Crippen LogP contribution in [0.1, 0.15) is 24.4 Å². The van der Waals surface area contributed by atoms with Gasteiger partial charge in [-0.15, -0.1) is 0 Å². The third-order valence-corrected chi connectivity index (χ3v) is 5.30. The summed E-state index contributed by atoms with van der Waals surface area (Å²) in [6.45, 7) is 0.442. The van der Waals surface area contributed by atoms with E-state index in [9.17, 15) is 9.59 Å². The zero-order valence-corrected chi connectivity index (χ0v) is 15.5. The molecule has 6 heteroatoms. The van der Waals surface area contributed by atoms with E-state index < -0.39 is 0 Å². The van der Waals surface area contributed by atoms with Crippen molar-refractivity contribution in [1.29, 1.82) is 0 Å². The van der Waals surface area contributed by atoms with Crippen LogP contribution >= 0.6 is 0 Å². The Bertz CT molecular complexity index is 1320. The summed E-state index contributed by atoms with van der Waals surface area (Å²) in [4.78, 5) is 30.4. The van der Waals surface area contributed by atoms with Crippen molar-refractivity contribution in [3.05, 3.63) is 81.1 Å². The van der Waals surface area contributed by atoms with E-state index in [2.05, 4.69) is 4.98 Å². The Morgan fingerprint density at radius 2 is 1.64 bits per heavy atom. The number of benzene rings is 1. The van der Waals surface area contributed by atoms with Gasteiger partial charge in [0, 0.05) is 18.4 Å². The summed E-state index contributed by atoms with van der Waals surface area (Å²) >= 11 is 0. The molecule has 0 aliphatic heterocycles. The van der Waals surface area contributed by atoms with Crippen molar-refractivity contribution in [2.45, 2.75) is 25.4 Å². The van der Waals surface area contributed by atoms with Gasteiger partial charge < -0.3 is 13.9 Å². The van der Waals surface area contributed by atoms with Crippen LogP contribution in [0, 0.1) is 0 Å². The first-order valence-corrected chi connectivity index (χ1v) is 9.32. The molecule has 1 fully saturated rings. The second-order valence-electron chi connectivity index (χ2n) is 7.21. The molecule has 1 saturated carbocycles. The highest BCUT2D eigenvalue weighted by molar-refractivity contribution is 5.91. The van der Waals surface area contributed by atoms with E-state index in [1.165, 1.54) is 0 Å². The molecular formula is C22H19N3O3. The van der Waals surface area contributed by atoms with Gasteiger partial charge in [0.15, 0.2) is 0 Å². The average Bonchev–Trinajstić information content (AvgIpc) is 3.55. The lowest BCUT2D eigenvalue weighted by Crippen LogP contribution is -2.22. The molecule has 0 radical (unpaired) electrons. The number of nitrogens with zero attached hydrogens (tertiary/aromatic N) is 3. The lowest BCUT2D eigenvalue weighted by atomic mass is 10.1. The fourth-order valence-electron chi connectivity index (χ4n) is 3.57. The molecule has 0 spiro atoms. The molecule has 6 nitrogen and oxygen atoms in total. The summed E-state index contributed by atoms with van der Waals surface area (Å²) in [6.07, 6.45) is 5.62. The monoisotopic (exact) mass is 373 g/mol. The zero-order chi connectivity index (χ0) is 19.3. The number of hydrogen-bond acceptors (Lipinski definition) is 4. The largest absolute Gasteiger partial charge is 0.497 e. The smallest absolute Gasteiger partial charge is 0.260 e. The van der Waals surface area contributed by atoms with Crippen LogP contribution in [-0.4, -0.2) is 21.2 Å². The quantitative estimate of drug-likeness (QED) is 0.516. The van der Waals surface area contributed by atoms with E-state index >= 15 is 0 Å². The Labute approximate surface area is 160 Å². The summed E-state index contributed by atoms with van der Waals surface area (Å²) in [6, 6.07) is 13.3. The number of ether oxygens (including phenoxy) is 1. The maximum Gasteiger partial charge on any atom is 0.260 e. The Morgan fingerprint density at radius 1 is 0.964 bits per heavy atom. The van der Waals surface area contributed by atoms with Gasteiger partial charge in [0.1, 0.15) is 5.75 Å². The first-order valence-electron chi connectivity index (χ1n) is 9.32. The zero-order valence-electron chi connectivity index (χ0n) is 15.5. The lowest BCUT2D eigenvalue weighted by molar-refractivity contribution is 0.414. The molecule has 0 atom stereocenters. The summed E-state index contributed by atoms with van der Waals surface area (Å²) in [5.74, 6) is 0.775. The third kappa shape index (κ3) is 2.78. The molecule has 3 aromatic heterocycles. The average molecular weight is 373 g/mol. The minimum absolute atomic E-state index is 0.0700. The highest BCUT2D eigenvalue weighted by atomic mass is 16.5. The Morgan fingerprint density at radius 3 is 2.32 bits per heavy atom. The molecule has 1 aromatic carbocycles. The normalized spacial score (nSPS) is 13.9. The molecule has 28 heavy (non-hydrogen) atoms. The van der Waals surface area contributed by atoms with Crippen molar-refractivity contribution < 1.29 is 4.74 Å². The highest BCUT2D eigenvalue weighted by Gasteiger charge is 2.25. The van der Waals surface area contributed by atoms with E-state index in [1.807, 2.05) is 42.6 Å². The molecule has 140 valence electrons. The van der Waals surface area contributed by atoms with Gasteiger partial charge >= 0.3 is 0 Å². The summed E-state index contributed by atoms with van der Waals surface area (Å²) < 4.78 is 8.57. The maximum atomic E-state index is 13.0. The van der Waals surface area contributed by atoms with Crippen LogP contribution in [-0.2, 0) is 6.54 Å². The third-order valence-electron chi connectivity index (χ3n) is 5.30. The molecule has 3 heterocycles. The van der Waals surface area contributed by atoms with Crippen molar-refractivity contribution in [1.82, 2.24) is 14.1 Å². The van der Waals surface area contributed by atoms with Crippen molar-refractivity contribution in [2.75, 3.05) is 7.11 Å². The predicted molar refractivity (Wildman–Crippen MR) is 108 cm³/mol. The number of hydrogen-bond donors (Lipinski definition) is 0. The number of aromatic nitrogens is 3. The second kappa shape index (κ2) is 6.34. The molecule has 0 amide bonds. The summed E-state index contributed by atoms with van der Waals surface area (Å²) in [7, 11) is 1.62. The van der Waals surface area contributed by atoms with Crippen molar-refractivity contribution in [3.8, 4) is 5.75 Å². The van der Waals surface area contributed by atoms with Gasteiger partial charge in [-0.2, -0.15) is 0 Å². The minimum atomic E-state index is -0.149. The van der Waals surface area contributed by atoms with Crippen LogP contribution in [0.5, 0.6) is 5.75 Å². The SMILES string of the molecule is COc1ccc(Cn2ccc3nc4ccn(C5CC5)c(=O)c4cc3c2=O)cc1. The van der Waals surface area contributed by atoms with E-state index in [1.54, 1.807) is 28.5 Å². The number of fused-ring (bicyclic) bond motifs is 2. The first-order chi connectivity index (χ1) is 13.6. The van der Waals surface area contributed by atoms with Gasteiger partial charge in [-0.25, -0.2) is 4.98 Å². The summed E-state index contributed by atoms with van der Waals surface area (Å²) in [5, 5.41) is 0.968. The fourth-order valence-corrected chi connectivity index (χ4v) is 3.57. The van der Waals surface area contributed by atoms with Crippen LogP contribution in [0.15, 0.2) is 64.4 Å². The van der Waals surface area contributed by atoms with Gasteiger partial charge in [-0.3, -0.25) is 9.59 Å². The van der Waals surface area contributed by atoms with Crippen molar-refractivity contribution in [2.24, 2.45) is 0 Å². The standard InChI is InChI=1S/C22H19N3O3/c1-28-16-6-2-14(3-7-16)13-24-10-8-19-17(21(24)26)12-18-20(23-19)9-11-25(22(18)27)15-4-5-15/h2-3,6-12,15H,4-5,13H2,1H3. The summed E-state index contributed by atoms with van der Waals surface area (Å²) in [5.41, 5.74) is 2.00. The molecule has 0 saturated heterocycles. The van der Waals surface area contributed by atoms with Crippen LogP contribution in [0.4, 0.5) is 0 Å². The second-order valence-corrected chi connectivity index (χ2v) is 7.21. The van der Waals surface area contributed by atoms with Crippen LogP contribution < -0.4 is 15.9 Å². The lowest BCUT2D eigenvalue weighted by Gasteiger charge is -2.09. The molecule has 1 aliphatic carbocycles. The highest BCUT2D eigenvalue weighted by Crippen LogP contribution is 2.33. The Kier molecular flexibility index (Phi) is 3.79. The minimum Gasteiger partial charge on any atom is -0.497 e. The molecule has 0 unspecified atom stereocenters. The topological polar surface area (TPSA) is 66.1 Å². The van der Waals surface area contributed by atoms with Crippen LogP contribution in [0.3, 0.4) is 0 Å².